The molecule has 8 heteroatoms. The van der Waals surface area contributed by atoms with Crippen molar-refractivity contribution in [3.05, 3.63) is 53.1 Å². The first-order valence-corrected chi connectivity index (χ1v) is 7.62. The van der Waals surface area contributed by atoms with Gasteiger partial charge >= 0.3 is 11.5 Å². The molecule has 3 nitrogen and oxygen atoms in total. The minimum Gasteiger partial charge on any atom is -0.308 e. The zero-order valence-electron chi connectivity index (χ0n) is 11.9. The minimum absolute atomic E-state index is 0.00565. The predicted molar refractivity (Wildman–Crippen MR) is 87.2 cm³/mol. The summed E-state index contributed by atoms with van der Waals surface area (Å²) < 4.78 is 37.0. The lowest BCUT2D eigenvalue weighted by Crippen LogP contribution is -2.19. The quantitative estimate of drug-likeness (QED) is 0.668. The first-order valence-electron chi connectivity index (χ1n) is 6.42. The van der Waals surface area contributed by atoms with Crippen LogP contribution in [0.1, 0.15) is 5.56 Å². The molecule has 0 bridgehead atoms. The third-order valence-electron chi connectivity index (χ3n) is 2.63. The molecule has 2 aromatic carbocycles. The number of anilines is 2. The Morgan fingerprint density at radius 2 is 1.78 bits per heavy atom. The van der Waals surface area contributed by atoms with E-state index in [4.69, 9.17) is 11.6 Å². The number of carbonyl (C=O) groups excluding carboxylic acids is 1. The predicted octanol–water partition coefficient (Wildman–Crippen LogP) is 5.90. The van der Waals surface area contributed by atoms with E-state index in [9.17, 15) is 18.0 Å². The zero-order valence-corrected chi connectivity index (χ0v) is 13.4. The number of thioether (sulfide) groups is 1. The molecule has 2 aromatic rings. The molecule has 0 fully saturated rings. The average molecular weight is 361 g/mol. The Bertz CT molecular complexity index is 702. The van der Waals surface area contributed by atoms with Crippen LogP contribution in [-0.4, -0.2) is 11.5 Å². The van der Waals surface area contributed by atoms with Crippen LogP contribution in [0.3, 0.4) is 0 Å². The minimum atomic E-state index is -4.38. The van der Waals surface area contributed by atoms with Gasteiger partial charge in [0.1, 0.15) is 0 Å². The third kappa shape index (κ3) is 6.03. The molecule has 2 rings (SSSR count). The number of rotatable bonds is 3. The van der Waals surface area contributed by atoms with Crippen LogP contribution in [0.4, 0.5) is 29.3 Å². The van der Waals surface area contributed by atoms with Crippen LogP contribution in [0.5, 0.6) is 0 Å². The number of carbonyl (C=O) groups is 1. The molecule has 0 saturated heterocycles. The molecule has 0 atom stereocenters. The molecule has 0 aromatic heterocycles. The summed E-state index contributed by atoms with van der Waals surface area (Å²) in [5, 5.41) is 5.53. The summed E-state index contributed by atoms with van der Waals surface area (Å²) in [4.78, 5) is 11.9. The Labute approximate surface area is 140 Å². The molecule has 23 heavy (non-hydrogen) atoms. The maximum absolute atomic E-state index is 12.3. The van der Waals surface area contributed by atoms with E-state index in [1.165, 1.54) is 24.3 Å². The highest BCUT2D eigenvalue weighted by Crippen LogP contribution is 2.37. The molecule has 2 N–H and O–H groups in total. The van der Waals surface area contributed by atoms with E-state index in [1.807, 2.05) is 6.92 Å². The maximum atomic E-state index is 12.3. The molecule has 2 amide bonds. The van der Waals surface area contributed by atoms with Crippen molar-refractivity contribution in [2.45, 2.75) is 17.3 Å². The Hall–Kier alpha value is -1.86. The fourth-order valence-corrected chi connectivity index (χ4v) is 2.76. The lowest BCUT2D eigenvalue weighted by atomic mass is 10.2. The van der Waals surface area contributed by atoms with Gasteiger partial charge < -0.3 is 10.6 Å². The van der Waals surface area contributed by atoms with Crippen LogP contribution in [0.15, 0.2) is 47.4 Å². The van der Waals surface area contributed by atoms with Gasteiger partial charge in [-0.25, -0.2) is 4.79 Å². The van der Waals surface area contributed by atoms with Crippen LogP contribution in [-0.2, 0) is 0 Å². The molecule has 0 aliphatic carbocycles. The van der Waals surface area contributed by atoms with Gasteiger partial charge in [0.05, 0.1) is 0 Å². The van der Waals surface area contributed by atoms with E-state index in [2.05, 4.69) is 10.6 Å². The first-order chi connectivity index (χ1) is 10.7. The van der Waals surface area contributed by atoms with Gasteiger partial charge in [0.25, 0.3) is 0 Å². The van der Waals surface area contributed by atoms with Crippen molar-refractivity contribution >= 4 is 40.8 Å². The van der Waals surface area contributed by atoms with Crippen LogP contribution >= 0.6 is 23.4 Å². The highest BCUT2D eigenvalue weighted by Gasteiger charge is 2.29. The largest absolute Gasteiger partial charge is 0.446 e. The number of benzene rings is 2. The molecular weight excluding hydrogens is 349 g/mol. The standard InChI is InChI=1S/C15H12ClF3N2OS/c1-9-5-10(16)7-12(6-9)21-14(22)20-11-3-2-4-13(8-11)23-15(17,18)19/h2-8H,1H3,(H2,20,21,22). The van der Waals surface area contributed by atoms with Crippen molar-refractivity contribution < 1.29 is 18.0 Å². The second kappa shape index (κ2) is 7.14. The molecule has 0 saturated carbocycles. The van der Waals surface area contributed by atoms with Crippen LogP contribution in [0, 0.1) is 6.92 Å². The number of nitrogens with one attached hydrogen (secondary N) is 2. The topological polar surface area (TPSA) is 41.1 Å². The number of amides is 2. The van der Waals surface area contributed by atoms with Gasteiger partial charge in [0, 0.05) is 21.3 Å². The first kappa shape index (κ1) is 17.5. The molecular formula is C15H12ClF3N2OS. The van der Waals surface area contributed by atoms with Gasteiger partial charge in [-0.15, -0.1) is 0 Å². The number of alkyl halides is 3. The molecule has 0 heterocycles. The Balaban J connectivity index is 2.04. The lowest BCUT2D eigenvalue weighted by molar-refractivity contribution is -0.0328. The second-order valence-electron chi connectivity index (χ2n) is 4.67. The monoisotopic (exact) mass is 360 g/mol. The summed E-state index contributed by atoms with van der Waals surface area (Å²) in [6.45, 7) is 1.83. The summed E-state index contributed by atoms with van der Waals surface area (Å²) in [7, 11) is 0. The second-order valence-corrected chi connectivity index (χ2v) is 6.25. The maximum Gasteiger partial charge on any atom is 0.446 e. The van der Waals surface area contributed by atoms with Crippen molar-refractivity contribution in [3.8, 4) is 0 Å². The highest BCUT2D eigenvalue weighted by atomic mass is 35.5. The Morgan fingerprint density at radius 1 is 1.09 bits per heavy atom. The molecule has 0 unspecified atom stereocenters. The smallest absolute Gasteiger partial charge is 0.308 e. The van der Waals surface area contributed by atoms with Crippen molar-refractivity contribution in [1.82, 2.24) is 0 Å². The van der Waals surface area contributed by atoms with E-state index in [0.29, 0.717) is 10.7 Å². The molecule has 0 spiro atoms. The lowest BCUT2D eigenvalue weighted by Gasteiger charge is -2.10. The number of hydrogen-bond donors (Lipinski definition) is 2. The van der Waals surface area contributed by atoms with Crippen molar-refractivity contribution in [3.63, 3.8) is 0 Å². The van der Waals surface area contributed by atoms with Gasteiger partial charge in [-0.2, -0.15) is 13.2 Å². The summed E-state index contributed by atoms with van der Waals surface area (Å²) >= 11 is 5.66. The van der Waals surface area contributed by atoms with Gasteiger partial charge in [-0.1, -0.05) is 17.7 Å². The summed E-state index contributed by atoms with van der Waals surface area (Å²) in [5.74, 6) is 0. The Morgan fingerprint density at radius 3 is 2.43 bits per heavy atom. The number of urea groups is 1. The molecule has 0 aliphatic heterocycles. The third-order valence-corrected chi connectivity index (χ3v) is 3.56. The van der Waals surface area contributed by atoms with Gasteiger partial charge in [0.2, 0.25) is 0 Å². The highest BCUT2D eigenvalue weighted by molar-refractivity contribution is 8.00. The van der Waals surface area contributed by atoms with Gasteiger partial charge in [0.15, 0.2) is 0 Å². The van der Waals surface area contributed by atoms with E-state index >= 15 is 0 Å². The normalized spacial score (nSPS) is 11.2. The average Bonchev–Trinajstić information content (AvgIpc) is 2.35. The van der Waals surface area contributed by atoms with Crippen LogP contribution in [0.2, 0.25) is 5.02 Å². The summed E-state index contributed by atoms with van der Waals surface area (Å²) in [5.41, 5.74) is -2.75. The van der Waals surface area contributed by atoms with Crippen molar-refractivity contribution in [2.75, 3.05) is 10.6 Å². The molecule has 0 radical (unpaired) electrons. The number of halogens is 4. The van der Waals surface area contributed by atoms with E-state index in [1.54, 1.807) is 18.2 Å². The van der Waals surface area contributed by atoms with Crippen LogP contribution < -0.4 is 10.6 Å². The summed E-state index contributed by atoms with van der Waals surface area (Å²) in [6, 6.07) is 9.98. The van der Waals surface area contributed by atoms with Gasteiger partial charge in [-0.05, 0) is 60.6 Å². The molecule has 122 valence electrons. The Kier molecular flexibility index (Phi) is 5.43. The number of hydrogen-bond acceptors (Lipinski definition) is 2. The zero-order chi connectivity index (χ0) is 17.0. The number of aryl methyl sites for hydroxylation is 1. The van der Waals surface area contributed by atoms with Gasteiger partial charge in [-0.3, -0.25) is 0 Å². The molecule has 0 aliphatic rings. The summed E-state index contributed by atoms with van der Waals surface area (Å²) in [6.07, 6.45) is 0. The van der Waals surface area contributed by atoms with E-state index in [-0.39, 0.29) is 22.3 Å². The fraction of sp³-hybridized carbons (Fsp3) is 0.133. The fourth-order valence-electron chi connectivity index (χ4n) is 1.87. The van der Waals surface area contributed by atoms with Crippen LogP contribution in [0.25, 0.3) is 0 Å². The SMILES string of the molecule is Cc1cc(Cl)cc(NC(=O)Nc2cccc(SC(F)(F)F)c2)c1. The van der Waals surface area contributed by atoms with E-state index < -0.39 is 11.5 Å². The van der Waals surface area contributed by atoms with E-state index in [0.717, 1.165) is 5.56 Å². The van der Waals surface area contributed by atoms with Crippen molar-refractivity contribution in [1.29, 1.82) is 0 Å². The van der Waals surface area contributed by atoms with Crippen molar-refractivity contribution in [2.24, 2.45) is 0 Å².